The van der Waals surface area contributed by atoms with Crippen LogP contribution >= 0.6 is 11.8 Å². The standard InChI is InChI=1S/C21H21N3O3S/c1-23(17-11-6-3-7-12-17)22-19(25)13-8-14-24-20(26)18(28-21(24)27)15-16-9-4-2-5-10-16/h2-7,9-12,15H,8,13-14H2,1H3,(H,22,25). The first-order valence-electron chi connectivity index (χ1n) is 8.93. The summed E-state index contributed by atoms with van der Waals surface area (Å²) < 4.78 is 0. The number of benzene rings is 2. The van der Waals surface area contributed by atoms with Crippen LogP contribution in [0.1, 0.15) is 18.4 Å². The number of carbonyl (C=O) groups is 3. The molecule has 1 fully saturated rings. The zero-order valence-corrected chi connectivity index (χ0v) is 16.3. The Bertz CT molecular complexity index is 884. The van der Waals surface area contributed by atoms with Crippen LogP contribution in [0.5, 0.6) is 0 Å². The van der Waals surface area contributed by atoms with Crippen LogP contribution in [0.15, 0.2) is 65.6 Å². The van der Waals surface area contributed by atoms with Crippen LogP contribution in [0.3, 0.4) is 0 Å². The van der Waals surface area contributed by atoms with E-state index in [0.29, 0.717) is 11.3 Å². The zero-order chi connectivity index (χ0) is 19.9. The molecule has 2 aromatic carbocycles. The monoisotopic (exact) mass is 395 g/mol. The molecule has 0 aromatic heterocycles. The molecule has 0 spiro atoms. The molecule has 1 N–H and O–H groups in total. The Morgan fingerprint density at radius 2 is 1.71 bits per heavy atom. The van der Waals surface area contributed by atoms with Crippen molar-refractivity contribution in [3.8, 4) is 0 Å². The van der Waals surface area contributed by atoms with Gasteiger partial charge < -0.3 is 0 Å². The Hall–Kier alpha value is -3.06. The number of anilines is 1. The van der Waals surface area contributed by atoms with E-state index < -0.39 is 0 Å². The number of hydrogen-bond acceptors (Lipinski definition) is 5. The van der Waals surface area contributed by atoms with E-state index in [2.05, 4.69) is 5.43 Å². The maximum Gasteiger partial charge on any atom is 0.293 e. The van der Waals surface area contributed by atoms with Gasteiger partial charge in [-0.15, -0.1) is 0 Å². The van der Waals surface area contributed by atoms with Crippen molar-refractivity contribution in [1.29, 1.82) is 0 Å². The van der Waals surface area contributed by atoms with Crippen molar-refractivity contribution < 1.29 is 14.4 Å². The summed E-state index contributed by atoms with van der Waals surface area (Å²) in [5.74, 6) is -0.473. The normalized spacial score (nSPS) is 15.2. The van der Waals surface area contributed by atoms with E-state index >= 15 is 0 Å². The van der Waals surface area contributed by atoms with Crippen LogP contribution < -0.4 is 10.4 Å². The maximum atomic E-state index is 12.5. The van der Waals surface area contributed by atoms with Crippen molar-refractivity contribution >= 4 is 40.6 Å². The quantitative estimate of drug-likeness (QED) is 0.572. The fourth-order valence-electron chi connectivity index (χ4n) is 2.75. The third kappa shape index (κ3) is 5.01. The first kappa shape index (κ1) is 19.7. The highest BCUT2D eigenvalue weighted by molar-refractivity contribution is 8.18. The molecule has 1 heterocycles. The lowest BCUT2D eigenvalue weighted by molar-refractivity contribution is -0.124. The summed E-state index contributed by atoms with van der Waals surface area (Å²) in [4.78, 5) is 38.3. The number of hydrogen-bond donors (Lipinski definition) is 1. The highest BCUT2D eigenvalue weighted by Gasteiger charge is 2.34. The molecule has 2 aromatic rings. The minimum absolute atomic E-state index is 0.168. The van der Waals surface area contributed by atoms with Gasteiger partial charge in [0.05, 0.1) is 10.6 Å². The average molecular weight is 395 g/mol. The van der Waals surface area contributed by atoms with Gasteiger partial charge in [-0.3, -0.25) is 29.7 Å². The number of amides is 3. The van der Waals surface area contributed by atoms with Crippen LogP contribution in [0, 0.1) is 0 Å². The summed E-state index contributed by atoms with van der Waals surface area (Å²) in [6.45, 7) is 0.221. The third-order valence-electron chi connectivity index (χ3n) is 4.19. The first-order chi connectivity index (χ1) is 13.5. The molecule has 3 amide bonds. The molecule has 0 unspecified atom stereocenters. The Morgan fingerprint density at radius 3 is 2.39 bits per heavy atom. The van der Waals surface area contributed by atoms with Gasteiger partial charge in [-0.1, -0.05) is 48.5 Å². The molecule has 0 bridgehead atoms. The van der Waals surface area contributed by atoms with Crippen molar-refractivity contribution in [2.75, 3.05) is 18.6 Å². The average Bonchev–Trinajstić information content (AvgIpc) is 2.96. The molecular formula is C21H21N3O3S. The van der Waals surface area contributed by atoms with Gasteiger partial charge in [0.25, 0.3) is 11.1 Å². The van der Waals surface area contributed by atoms with Gasteiger partial charge >= 0.3 is 0 Å². The molecule has 144 valence electrons. The van der Waals surface area contributed by atoms with Crippen LogP contribution in [0.25, 0.3) is 6.08 Å². The summed E-state index contributed by atoms with van der Waals surface area (Å²) in [6, 6.07) is 18.9. The minimum atomic E-state index is -0.305. The van der Waals surface area contributed by atoms with Crippen LogP contribution in [-0.2, 0) is 9.59 Å². The number of hydrazine groups is 1. The Balaban J connectivity index is 1.49. The third-order valence-corrected chi connectivity index (χ3v) is 5.10. The lowest BCUT2D eigenvalue weighted by Crippen LogP contribution is -2.39. The van der Waals surface area contributed by atoms with Crippen LogP contribution in [0.4, 0.5) is 10.5 Å². The van der Waals surface area contributed by atoms with E-state index in [1.54, 1.807) is 18.1 Å². The maximum absolute atomic E-state index is 12.5. The number of carbonyl (C=O) groups excluding carboxylic acids is 3. The molecule has 7 heteroatoms. The largest absolute Gasteiger partial charge is 0.293 e. The minimum Gasteiger partial charge on any atom is -0.289 e. The number of thioether (sulfide) groups is 1. The Morgan fingerprint density at radius 1 is 1.07 bits per heavy atom. The molecular weight excluding hydrogens is 374 g/mol. The van der Waals surface area contributed by atoms with E-state index in [1.807, 2.05) is 60.7 Å². The van der Waals surface area contributed by atoms with Gasteiger partial charge in [-0.2, -0.15) is 0 Å². The molecule has 28 heavy (non-hydrogen) atoms. The Labute approximate surface area is 168 Å². The van der Waals surface area contributed by atoms with E-state index in [1.165, 1.54) is 4.90 Å². The van der Waals surface area contributed by atoms with Gasteiger partial charge in [0.1, 0.15) is 0 Å². The van der Waals surface area contributed by atoms with Crippen molar-refractivity contribution in [2.45, 2.75) is 12.8 Å². The number of nitrogens with zero attached hydrogens (tertiary/aromatic N) is 2. The van der Waals surface area contributed by atoms with Crippen molar-refractivity contribution in [3.63, 3.8) is 0 Å². The summed E-state index contributed by atoms with van der Waals surface area (Å²) in [5.41, 5.74) is 4.51. The second kappa shape index (κ2) is 9.23. The number of rotatable bonds is 7. The topological polar surface area (TPSA) is 69.7 Å². The zero-order valence-electron chi connectivity index (χ0n) is 15.5. The molecule has 0 aliphatic carbocycles. The first-order valence-corrected chi connectivity index (χ1v) is 9.75. The van der Waals surface area contributed by atoms with Crippen molar-refractivity contribution in [3.05, 3.63) is 71.1 Å². The molecule has 1 aliphatic rings. The van der Waals surface area contributed by atoms with E-state index in [9.17, 15) is 14.4 Å². The SMILES string of the molecule is CN(NC(=O)CCCN1C(=O)SC(=Cc2ccccc2)C1=O)c1ccccc1. The second-order valence-electron chi connectivity index (χ2n) is 6.28. The molecule has 6 nitrogen and oxygen atoms in total. The molecule has 0 saturated carbocycles. The van der Waals surface area contributed by atoms with Gasteiger partial charge in [-0.25, -0.2) is 0 Å². The van der Waals surface area contributed by atoms with E-state index in [-0.39, 0.29) is 30.0 Å². The fourth-order valence-corrected chi connectivity index (χ4v) is 3.62. The Kier molecular flexibility index (Phi) is 6.49. The van der Waals surface area contributed by atoms with Gasteiger partial charge in [0.2, 0.25) is 5.91 Å². The van der Waals surface area contributed by atoms with E-state index in [0.717, 1.165) is 23.0 Å². The number of para-hydroxylation sites is 1. The molecule has 1 saturated heterocycles. The molecule has 1 aliphatic heterocycles. The summed E-state index contributed by atoms with van der Waals surface area (Å²) in [6.07, 6.45) is 2.34. The van der Waals surface area contributed by atoms with Crippen molar-refractivity contribution in [2.24, 2.45) is 0 Å². The van der Waals surface area contributed by atoms with Crippen molar-refractivity contribution in [1.82, 2.24) is 10.3 Å². The molecule has 3 rings (SSSR count). The predicted octanol–water partition coefficient (Wildman–Crippen LogP) is 3.67. The second-order valence-corrected chi connectivity index (χ2v) is 7.27. The molecule has 0 radical (unpaired) electrons. The summed E-state index contributed by atoms with van der Waals surface area (Å²) >= 11 is 0.933. The van der Waals surface area contributed by atoms with Gasteiger partial charge in [0, 0.05) is 20.0 Å². The summed E-state index contributed by atoms with van der Waals surface area (Å²) in [5, 5.41) is 1.35. The smallest absolute Gasteiger partial charge is 0.289 e. The van der Waals surface area contributed by atoms with Crippen LogP contribution in [0.2, 0.25) is 0 Å². The highest BCUT2D eigenvalue weighted by Crippen LogP contribution is 2.32. The number of nitrogens with one attached hydrogen (secondary N) is 1. The lowest BCUT2D eigenvalue weighted by atomic mass is 10.2. The molecule has 0 atom stereocenters. The van der Waals surface area contributed by atoms with Crippen LogP contribution in [-0.4, -0.2) is 35.5 Å². The summed E-state index contributed by atoms with van der Waals surface area (Å²) in [7, 11) is 1.76. The number of imide groups is 1. The van der Waals surface area contributed by atoms with Gasteiger partial charge in [0.15, 0.2) is 0 Å². The van der Waals surface area contributed by atoms with Gasteiger partial charge in [-0.05, 0) is 42.0 Å². The lowest BCUT2D eigenvalue weighted by Gasteiger charge is -2.20. The highest BCUT2D eigenvalue weighted by atomic mass is 32.2. The predicted molar refractivity (Wildman–Crippen MR) is 111 cm³/mol. The van der Waals surface area contributed by atoms with E-state index in [4.69, 9.17) is 0 Å². The fraction of sp³-hybridized carbons (Fsp3) is 0.190.